The smallest absolute Gasteiger partial charge is 0.0521 e. The lowest BCUT2D eigenvalue weighted by molar-refractivity contribution is 0.00988. The Kier molecular flexibility index (Phi) is 5.46. The summed E-state index contributed by atoms with van der Waals surface area (Å²) in [5, 5.41) is 3.65. The molecule has 4 atom stereocenters. The SMILES string of the molecule is CCNC1CCOCC1CN1C(C)CCC1CC. The second-order valence-electron chi connectivity index (χ2n) is 5.97. The van der Waals surface area contributed by atoms with Gasteiger partial charge in [-0.15, -0.1) is 0 Å². The van der Waals surface area contributed by atoms with Crippen molar-refractivity contribution in [3.05, 3.63) is 0 Å². The average Bonchev–Trinajstić information content (AvgIpc) is 2.73. The van der Waals surface area contributed by atoms with Gasteiger partial charge in [-0.1, -0.05) is 13.8 Å². The highest BCUT2D eigenvalue weighted by Crippen LogP contribution is 2.28. The van der Waals surface area contributed by atoms with Crippen LogP contribution in [0.5, 0.6) is 0 Å². The fourth-order valence-electron chi connectivity index (χ4n) is 3.67. The van der Waals surface area contributed by atoms with Gasteiger partial charge >= 0.3 is 0 Å². The van der Waals surface area contributed by atoms with E-state index >= 15 is 0 Å². The van der Waals surface area contributed by atoms with E-state index in [9.17, 15) is 0 Å². The zero-order valence-corrected chi connectivity index (χ0v) is 12.3. The molecule has 2 saturated heterocycles. The van der Waals surface area contributed by atoms with E-state index in [1.807, 2.05) is 0 Å². The van der Waals surface area contributed by atoms with Gasteiger partial charge in [-0.2, -0.15) is 0 Å². The number of nitrogens with zero attached hydrogens (tertiary/aromatic N) is 1. The monoisotopic (exact) mass is 254 g/mol. The summed E-state index contributed by atoms with van der Waals surface area (Å²) in [6.07, 6.45) is 5.23. The maximum absolute atomic E-state index is 5.71. The van der Waals surface area contributed by atoms with Crippen molar-refractivity contribution >= 4 is 0 Å². The summed E-state index contributed by atoms with van der Waals surface area (Å²) < 4.78 is 5.71. The Hall–Kier alpha value is -0.120. The Bertz CT molecular complexity index is 245. The van der Waals surface area contributed by atoms with Crippen LogP contribution in [0.15, 0.2) is 0 Å². The van der Waals surface area contributed by atoms with Crippen molar-refractivity contribution in [2.75, 3.05) is 26.3 Å². The Morgan fingerprint density at radius 3 is 2.78 bits per heavy atom. The van der Waals surface area contributed by atoms with Crippen molar-refractivity contribution in [2.24, 2.45) is 5.92 Å². The second-order valence-corrected chi connectivity index (χ2v) is 5.97. The standard InChI is InChI=1S/C15H30N2O/c1-4-14-7-6-12(3)17(14)10-13-11-18-9-8-15(13)16-5-2/h12-16H,4-11H2,1-3H3. The van der Waals surface area contributed by atoms with Crippen LogP contribution in [0, 0.1) is 5.92 Å². The van der Waals surface area contributed by atoms with Crippen LogP contribution in [0.2, 0.25) is 0 Å². The molecule has 0 aromatic rings. The first-order valence-electron chi connectivity index (χ1n) is 7.83. The van der Waals surface area contributed by atoms with Crippen molar-refractivity contribution in [1.29, 1.82) is 0 Å². The lowest BCUT2D eigenvalue weighted by atomic mass is 9.94. The predicted octanol–water partition coefficient (Wildman–Crippen LogP) is 2.26. The summed E-state index contributed by atoms with van der Waals surface area (Å²) in [4.78, 5) is 2.74. The van der Waals surface area contributed by atoms with Crippen molar-refractivity contribution in [2.45, 2.75) is 64.6 Å². The minimum absolute atomic E-state index is 0.661. The lowest BCUT2D eigenvalue weighted by Crippen LogP contribution is -2.49. The molecule has 2 rings (SSSR count). The van der Waals surface area contributed by atoms with Crippen LogP contribution in [-0.2, 0) is 4.74 Å². The van der Waals surface area contributed by atoms with Crippen LogP contribution in [0.25, 0.3) is 0 Å². The van der Waals surface area contributed by atoms with E-state index in [1.165, 1.54) is 32.2 Å². The van der Waals surface area contributed by atoms with Crippen molar-refractivity contribution in [1.82, 2.24) is 10.2 Å². The zero-order valence-electron chi connectivity index (χ0n) is 12.3. The molecule has 2 aliphatic heterocycles. The molecule has 0 radical (unpaired) electrons. The first kappa shape index (κ1) is 14.3. The van der Waals surface area contributed by atoms with E-state index in [2.05, 4.69) is 31.0 Å². The highest BCUT2D eigenvalue weighted by molar-refractivity contribution is 4.89. The lowest BCUT2D eigenvalue weighted by Gasteiger charge is -2.38. The summed E-state index contributed by atoms with van der Waals surface area (Å²) in [7, 11) is 0. The van der Waals surface area contributed by atoms with E-state index in [1.54, 1.807) is 0 Å². The summed E-state index contributed by atoms with van der Waals surface area (Å²) in [6.45, 7) is 11.1. The van der Waals surface area contributed by atoms with E-state index in [0.717, 1.165) is 31.8 Å². The molecule has 0 aromatic heterocycles. The number of likely N-dealkylation sites (tertiary alicyclic amines) is 1. The van der Waals surface area contributed by atoms with Crippen molar-refractivity contribution in [3.8, 4) is 0 Å². The zero-order chi connectivity index (χ0) is 13.0. The minimum Gasteiger partial charge on any atom is -0.381 e. The molecule has 2 heterocycles. The van der Waals surface area contributed by atoms with Crippen LogP contribution < -0.4 is 5.32 Å². The number of nitrogens with one attached hydrogen (secondary N) is 1. The molecule has 3 nitrogen and oxygen atoms in total. The van der Waals surface area contributed by atoms with Crippen molar-refractivity contribution < 1.29 is 4.74 Å². The van der Waals surface area contributed by atoms with E-state index in [-0.39, 0.29) is 0 Å². The molecule has 3 heteroatoms. The van der Waals surface area contributed by atoms with Crippen LogP contribution in [0.4, 0.5) is 0 Å². The molecule has 0 aliphatic carbocycles. The predicted molar refractivity (Wildman–Crippen MR) is 75.9 cm³/mol. The average molecular weight is 254 g/mol. The van der Waals surface area contributed by atoms with Gasteiger partial charge in [-0.05, 0) is 39.2 Å². The van der Waals surface area contributed by atoms with E-state index in [0.29, 0.717) is 12.0 Å². The normalized spacial score (nSPS) is 38.2. The molecular formula is C15H30N2O. The summed E-state index contributed by atoms with van der Waals surface area (Å²) in [5.41, 5.74) is 0. The summed E-state index contributed by atoms with van der Waals surface area (Å²) >= 11 is 0. The Balaban J connectivity index is 1.93. The molecule has 0 amide bonds. The number of hydrogen-bond acceptors (Lipinski definition) is 3. The van der Waals surface area contributed by atoms with Crippen LogP contribution in [-0.4, -0.2) is 49.3 Å². The fraction of sp³-hybridized carbons (Fsp3) is 1.00. The first-order chi connectivity index (χ1) is 8.76. The minimum atomic E-state index is 0.661. The number of ether oxygens (including phenoxy) is 1. The highest BCUT2D eigenvalue weighted by atomic mass is 16.5. The first-order valence-corrected chi connectivity index (χ1v) is 7.83. The molecule has 2 fully saturated rings. The topological polar surface area (TPSA) is 24.5 Å². The van der Waals surface area contributed by atoms with Gasteiger partial charge in [-0.3, -0.25) is 4.90 Å². The third kappa shape index (κ3) is 3.25. The van der Waals surface area contributed by atoms with Gasteiger partial charge < -0.3 is 10.1 Å². The molecule has 2 aliphatic rings. The fourth-order valence-corrected chi connectivity index (χ4v) is 3.67. The van der Waals surface area contributed by atoms with Gasteiger partial charge in [0.1, 0.15) is 0 Å². The molecule has 4 unspecified atom stereocenters. The molecule has 18 heavy (non-hydrogen) atoms. The molecule has 1 N–H and O–H groups in total. The van der Waals surface area contributed by atoms with Gasteiger partial charge in [0.05, 0.1) is 6.61 Å². The van der Waals surface area contributed by atoms with Crippen LogP contribution in [0.1, 0.15) is 46.5 Å². The summed E-state index contributed by atoms with van der Waals surface area (Å²) in [5.74, 6) is 0.674. The molecule has 0 spiro atoms. The second kappa shape index (κ2) is 6.88. The molecule has 0 saturated carbocycles. The molecule has 0 bridgehead atoms. The van der Waals surface area contributed by atoms with Crippen LogP contribution >= 0.6 is 0 Å². The van der Waals surface area contributed by atoms with Crippen LogP contribution in [0.3, 0.4) is 0 Å². The highest BCUT2D eigenvalue weighted by Gasteiger charge is 2.34. The summed E-state index contributed by atoms with van der Waals surface area (Å²) in [6, 6.07) is 2.23. The Morgan fingerprint density at radius 1 is 1.22 bits per heavy atom. The largest absolute Gasteiger partial charge is 0.381 e. The maximum Gasteiger partial charge on any atom is 0.0521 e. The van der Waals surface area contributed by atoms with Gasteiger partial charge in [0.25, 0.3) is 0 Å². The van der Waals surface area contributed by atoms with Gasteiger partial charge in [-0.25, -0.2) is 0 Å². The van der Waals surface area contributed by atoms with Gasteiger partial charge in [0.15, 0.2) is 0 Å². The molecular weight excluding hydrogens is 224 g/mol. The quantitative estimate of drug-likeness (QED) is 0.814. The van der Waals surface area contributed by atoms with Gasteiger partial charge in [0.2, 0.25) is 0 Å². The maximum atomic E-state index is 5.71. The third-order valence-corrected chi connectivity index (χ3v) is 4.81. The van der Waals surface area contributed by atoms with E-state index in [4.69, 9.17) is 4.74 Å². The molecule has 106 valence electrons. The van der Waals surface area contributed by atoms with Gasteiger partial charge in [0, 0.05) is 37.2 Å². The Labute approximate surface area is 112 Å². The number of hydrogen-bond donors (Lipinski definition) is 1. The Morgan fingerprint density at radius 2 is 2.06 bits per heavy atom. The third-order valence-electron chi connectivity index (χ3n) is 4.81. The van der Waals surface area contributed by atoms with E-state index < -0.39 is 0 Å². The van der Waals surface area contributed by atoms with Crippen molar-refractivity contribution in [3.63, 3.8) is 0 Å². The number of rotatable bonds is 5. The molecule has 0 aromatic carbocycles.